The van der Waals surface area contributed by atoms with E-state index in [1.165, 1.54) is 11.8 Å². The van der Waals surface area contributed by atoms with Gasteiger partial charge in [-0.05, 0) is 42.9 Å². The summed E-state index contributed by atoms with van der Waals surface area (Å²) in [5, 5.41) is 5.42. The molecule has 0 spiro atoms. The van der Waals surface area contributed by atoms with Crippen LogP contribution in [0, 0.1) is 5.92 Å². The Morgan fingerprint density at radius 1 is 1.35 bits per heavy atom. The lowest BCUT2D eigenvalue weighted by atomic mass is 9.99. The maximum atomic E-state index is 12.7. The third kappa shape index (κ3) is 4.43. The molecule has 138 valence electrons. The van der Waals surface area contributed by atoms with Crippen LogP contribution in [0.5, 0.6) is 0 Å². The van der Waals surface area contributed by atoms with E-state index in [9.17, 15) is 9.59 Å². The number of carbonyl (C=O) groups excluding carboxylic acids is 2. The van der Waals surface area contributed by atoms with Crippen molar-refractivity contribution in [2.45, 2.75) is 50.7 Å². The molecule has 26 heavy (non-hydrogen) atoms. The number of halogens is 1. The van der Waals surface area contributed by atoms with E-state index < -0.39 is 0 Å². The van der Waals surface area contributed by atoms with E-state index in [2.05, 4.69) is 39.9 Å². The predicted octanol–water partition coefficient (Wildman–Crippen LogP) is 4.49. The number of benzene rings is 1. The van der Waals surface area contributed by atoms with Gasteiger partial charge in [-0.2, -0.15) is 5.10 Å². The zero-order valence-electron chi connectivity index (χ0n) is 15.2. The molecule has 2 aromatic rings. The number of hydrogen-bond donors (Lipinski definition) is 0. The molecule has 1 aromatic heterocycles. The summed E-state index contributed by atoms with van der Waals surface area (Å²) in [5.41, 5.74) is 1.44. The lowest BCUT2D eigenvalue weighted by Gasteiger charge is -2.11. The van der Waals surface area contributed by atoms with E-state index in [1.807, 2.05) is 23.1 Å². The number of hydrogen-bond acceptors (Lipinski definition) is 5. The summed E-state index contributed by atoms with van der Waals surface area (Å²) in [6, 6.07) is 5.56. The van der Waals surface area contributed by atoms with E-state index >= 15 is 0 Å². The Hall–Kier alpha value is -1.47. The van der Waals surface area contributed by atoms with E-state index in [0.717, 1.165) is 33.9 Å². The van der Waals surface area contributed by atoms with Crippen molar-refractivity contribution in [2.75, 3.05) is 6.26 Å². The van der Waals surface area contributed by atoms with Gasteiger partial charge in [-0.15, -0.1) is 0 Å². The van der Waals surface area contributed by atoms with Gasteiger partial charge in [0.25, 0.3) is 0 Å². The Morgan fingerprint density at radius 3 is 2.69 bits per heavy atom. The summed E-state index contributed by atoms with van der Waals surface area (Å²) in [5.74, 6) is 1.09. The van der Waals surface area contributed by atoms with Crippen LogP contribution in [0.2, 0.25) is 0 Å². The van der Waals surface area contributed by atoms with Crippen molar-refractivity contribution in [3.8, 4) is 0 Å². The summed E-state index contributed by atoms with van der Waals surface area (Å²) in [4.78, 5) is 29.3. The maximum absolute atomic E-state index is 12.7. The normalized spacial score (nSPS) is 14.0. The van der Waals surface area contributed by atoms with Crippen molar-refractivity contribution in [3.63, 3.8) is 0 Å². The molecule has 1 aliphatic carbocycles. The van der Waals surface area contributed by atoms with Crippen LogP contribution in [0.1, 0.15) is 60.8 Å². The third-order valence-electron chi connectivity index (χ3n) is 4.41. The fourth-order valence-corrected chi connectivity index (χ4v) is 3.68. The monoisotopic (exact) mass is 435 g/mol. The molecular formula is C19H22BrN3O2S. The molecule has 0 radical (unpaired) electrons. The lowest BCUT2D eigenvalue weighted by Crippen LogP contribution is -2.14. The largest absolute Gasteiger partial charge is 0.299 e. The number of carbonyl (C=O) groups is 2. The van der Waals surface area contributed by atoms with Crippen molar-refractivity contribution in [3.05, 3.63) is 39.6 Å². The van der Waals surface area contributed by atoms with Gasteiger partial charge in [0.2, 0.25) is 0 Å². The fraction of sp³-hybridized carbons (Fsp3) is 0.474. The van der Waals surface area contributed by atoms with Gasteiger partial charge in [-0.1, -0.05) is 41.5 Å². The second kappa shape index (κ2) is 8.05. The van der Waals surface area contributed by atoms with Crippen LogP contribution in [-0.4, -0.2) is 32.6 Å². The van der Waals surface area contributed by atoms with Crippen LogP contribution in [0.25, 0.3) is 0 Å². The lowest BCUT2D eigenvalue weighted by molar-refractivity contribution is -0.119. The zero-order valence-corrected chi connectivity index (χ0v) is 17.6. The quantitative estimate of drug-likeness (QED) is 0.347. The molecule has 0 aliphatic heterocycles. The molecule has 1 saturated carbocycles. The van der Waals surface area contributed by atoms with Crippen molar-refractivity contribution in [1.29, 1.82) is 0 Å². The number of Topliss-reactive ketones (excluding diaryl/α,β-unsaturated/α-hetero) is 2. The van der Waals surface area contributed by atoms with Gasteiger partial charge in [-0.25, -0.2) is 9.67 Å². The van der Waals surface area contributed by atoms with Gasteiger partial charge in [0.15, 0.2) is 16.8 Å². The van der Waals surface area contributed by atoms with Crippen molar-refractivity contribution >= 4 is 39.3 Å². The molecular weight excluding hydrogens is 414 g/mol. The molecule has 1 fully saturated rings. The molecule has 1 heterocycles. The minimum atomic E-state index is -0.112. The average Bonchev–Trinajstić information content (AvgIpc) is 3.36. The molecule has 0 atom stereocenters. The number of thioether (sulfide) groups is 1. The zero-order chi connectivity index (χ0) is 18.8. The van der Waals surface area contributed by atoms with Crippen LogP contribution >= 0.6 is 27.7 Å². The minimum Gasteiger partial charge on any atom is -0.299 e. The second-order valence-corrected chi connectivity index (χ2v) is 8.60. The molecule has 1 aromatic carbocycles. The Bertz CT molecular complexity index is 843. The summed E-state index contributed by atoms with van der Waals surface area (Å²) in [6.07, 6.45) is 3.80. The first-order chi connectivity index (χ1) is 12.4. The van der Waals surface area contributed by atoms with Crippen LogP contribution < -0.4 is 0 Å². The highest BCUT2D eigenvalue weighted by Gasteiger charge is 2.31. The van der Waals surface area contributed by atoms with Gasteiger partial charge in [0.1, 0.15) is 5.78 Å². The highest BCUT2D eigenvalue weighted by atomic mass is 79.9. The van der Waals surface area contributed by atoms with E-state index in [0.29, 0.717) is 12.1 Å². The highest BCUT2D eigenvalue weighted by molar-refractivity contribution is 9.10. The van der Waals surface area contributed by atoms with Crippen LogP contribution in [0.4, 0.5) is 0 Å². The molecule has 0 bridgehead atoms. The van der Waals surface area contributed by atoms with Gasteiger partial charge in [-0.3, -0.25) is 9.59 Å². The Balaban J connectivity index is 1.88. The SMILES string of the molecule is CSc1nc(C(C)C)nn1Cc1cc(Br)ccc1C(=O)CC(=O)C1CC1. The third-order valence-corrected chi connectivity index (χ3v) is 5.57. The molecule has 3 rings (SSSR count). The van der Waals surface area contributed by atoms with Crippen LogP contribution in [-0.2, 0) is 11.3 Å². The molecule has 1 aliphatic rings. The summed E-state index contributed by atoms with van der Waals surface area (Å²) in [6.45, 7) is 4.57. The summed E-state index contributed by atoms with van der Waals surface area (Å²) >= 11 is 5.01. The molecule has 5 nitrogen and oxygen atoms in total. The number of ketones is 2. The van der Waals surface area contributed by atoms with Crippen molar-refractivity contribution in [1.82, 2.24) is 14.8 Å². The van der Waals surface area contributed by atoms with Crippen molar-refractivity contribution in [2.24, 2.45) is 5.92 Å². The Morgan fingerprint density at radius 2 is 2.08 bits per heavy atom. The summed E-state index contributed by atoms with van der Waals surface area (Å²) < 4.78 is 2.73. The maximum Gasteiger partial charge on any atom is 0.186 e. The number of rotatable bonds is 8. The van der Waals surface area contributed by atoms with Crippen molar-refractivity contribution < 1.29 is 9.59 Å². The van der Waals surface area contributed by atoms with Crippen LogP contribution in [0.15, 0.2) is 27.8 Å². The van der Waals surface area contributed by atoms with Crippen LogP contribution in [0.3, 0.4) is 0 Å². The predicted molar refractivity (Wildman–Crippen MR) is 106 cm³/mol. The van der Waals surface area contributed by atoms with E-state index in [1.54, 1.807) is 6.07 Å². The first-order valence-electron chi connectivity index (χ1n) is 8.72. The Labute approximate surface area is 166 Å². The average molecular weight is 436 g/mol. The fourth-order valence-electron chi connectivity index (χ4n) is 2.77. The second-order valence-electron chi connectivity index (χ2n) is 6.91. The Kier molecular flexibility index (Phi) is 5.97. The molecule has 0 saturated heterocycles. The first-order valence-corrected chi connectivity index (χ1v) is 10.7. The van der Waals surface area contributed by atoms with Gasteiger partial charge in [0.05, 0.1) is 13.0 Å². The van der Waals surface area contributed by atoms with E-state index in [4.69, 9.17) is 0 Å². The van der Waals surface area contributed by atoms with Gasteiger partial charge >= 0.3 is 0 Å². The smallest absolute Gasteiger partial charge is 0.186 e. The van der Waals surface area contributed by atoms with Gasteiger partial charge < -0.3 is 0 Å². The van der Waals surface area contributed by atoms with E-state index in [-0.39, 0.29) is 29.8 Å². The molecule has 0 N–H and O–H groups in total. The number of nitrogens with zero attached hydrogens (tertiary/aromatic N) is 3. The topological polar surface area (TPSA) is 64.8 Å². The molecule has 0 unspecified atom stereocenters. The molecule has 7 heteroatoms. The highest BCUT2D eigenvalue weighted by Crippen LogP contribution is 2.31. The molecule has 0 amide bonds. The van der Waals surface area contributed by atoms with Gasteiger partial charge in [0, 0.05) is 21.9 Å². The standard InChI is InChI=1S/C19H22BrN3O2S/c1-11(2)18-21-19(26-3)23(22-18)10-13-8-14(20)6-7-15(13)17(25)9-16(24)12-4-5-12/h6-8,11-12H,4-5,9-10H2,1-3H3. The summed E-state index contributed by atoms with van der Waals surface area (Å²) in [7, 11) is 0. The minimum absolute atomic E-state index is 0.0106. The first kappa shape index (κ1) is 19.3. The number of aromatic nitrogens is 3.